The van der Waals surface area contributed by atoms with Crippen LogP contribution in [0.2, 0.25) is 0 Å². The van der Waals surface area contributed by atoms with Crippen molar-refractivity contribution in [1.29, 1.82) is 15.8 Å². The van der Waals surface area contributed by atoms with Gasteiger partial charge < -0.3 is 9.13 Å². The summed E-state index contributed by atoms with van der Waals surface area (Å²) in [6, 6.07) is 120. The minimum atomic E-state index is 0.425. The molecule has 0 radical (unpaired) electrons. The highest BCUT2D eigenvalue weighted by atomic mass is 15.0. The molecular weight excluding hydrogens is 1190 g/mol. The fourth-order valence-corrected chi connectivity index (χ4v) is 13.9. The minimum absolute atomic E-state index is 0.425. The molecule has 0 fully saturated rings. The highest BCUT2D eigenvalue weighted by molar-refractivity contribution is 6.13. The summed E-state index contributed by atoms with van der Waals surface area (Å²) >= 11 is 0. The quantitative estimate of drug-likeness (QED) is 0.120. The monoisotopic (exact) mass is 1250 g/mol. The van der Waals surface area contributed by atoms with Crippen LogP contribution in [-0.2, 0) is 0 Å². The van der Waals surface area contributed by atoms with E-state index in [-0.39, 0.29) is 0 Å². The first-order chi connectivity index (χ1) is 48.4. The number of rotatable bonds is 12. The van der Waals surface area contributed by atoms with Crippen LogP contribution in [-0.4, -0.2) is 24.1 Å². The predicted molar refractivity (Wildman–Crippen MR) is 397 cm³/mol. The van der Waals surface area contributed by atoms with Crippen molar-refractivity contribution in [1.82, 2.24) is 24.1 Å². The van der Waals surface area contributed by atoms with Crippen molar-refractivity contribution < 1.29 is 0 Å². The Morgan fingerprint density at radius 3 is 0.755 bits per heavy atom. The second-order valence-corrected chi connectivity index (χ2v) is 24.4. The van der Waals surface area contributed by atoms with E-state index in [1.807, 2.05) is 115 Å². The lowest BCUT2D eigenvalue weighted by molar-refractivity contribution is 1.07. The van der Waals surface area contributed by atoms with Crippen molar-refractivity contribution >= 4 is 43.6 Å². The summed E-state index contributed by atoms with van der Waals surface area (Å²) in [5.74, 6) is 1.29. The van der Waals surface area contributed by atoms with Crippen molar-refractivity contribution in [2.45, 2.75) is 0 Å². The molecule has 14 aromatic carbocycles. The van der Waals surface area contributed by atoms with Crippen LogP contribution in [0, 0.1) is 34.0 Å². The average molecular weight is 1250 g/mol. The first-order valence-electron chi connectivity index (χ1n) is 32.5. The third kappa shape index (κ3) is 10.5. The average Bonchev–Trinajstić information content (AvgIpc) is 1.56. The largest absolute Gasteiger partial charge is 0.309 e. The van der Waals surface area contributed by atoms with E-state index in [0.29, 0.717) is 34.2 Å². The van der Waals surface area contributed by atoms with Crippen molar-refractivity contribution in [2.75, 3.05) is 0 Å². The van der Waals surface area contributed by atoms with E-state index in [1.165, 1.54) is 0 Å². The highest BCUT2D eigenvalue weighted by Crippen LogP contribution is 2.44. The number of nitriles is 3. The second kappa shape index (κ2) is 24.6. The Labute approximate surface area is 566 Å². The Balaban J connectivity index is 0.902. The van der Waals surface area contributed by atoms with Gasteiger partial charge in [0.2, 0.25) is 0 Å². The summed E-state index contributed by atoms with van der Waals surface area (Å²) in [5, 5.41) is 34.7. The minimum Gasteiger partial charge on any atom is -0.309 e. The van der Waals surface area contributed by atoms with E-state index in [4.69, 9.17) is 15.0 Å². The molecule has 0 unspecified atom stereocenters. The van der Waals surface area contributed by atoms with Crippen LogP contribution in [0.3, 0.4) is 0 Å². The van der Waals surface area contributed by atoms with Gasteiger partial charge in [0.25, 0.3) is 0 Å². The molecule has 98 heavy (non-hydrogen) atoms. The maximum absolute atomic E-state index is 10.2. The molecule has 0 atom stereocenters. The zero-order valence-electron chi connectivity index (χ0n) is 52.8. The van der Waals surface area contributed by atoms with E-state index in [2.05, 4.69) is 240 Å². The Morgan fingerprint density at radius 2 is 0.459 bits per heavy atom. The van der Waals surface area contributed by atoms with E-state index < -0.39 is 0 Å². The topological polar surface area (TPSA) is 120 Å². The van der Waals surface area contributed by atoms with Crippen molar-refractivity contribution in [2.24, 2.45) is 0 Å². The van der Waals surface area contributed by atoms with Gasteiger partial charge in [0.15, 0.2) is 17.5 Å². The lowest BCUT2D eigenvalue weighted by Crippen LogP contribution is -2.04. The highest BCUT2D eigenvalue weighted by Gasteiger charge is 2.24. The molecule has 0 aliphatic heterocycles. The smallest absolute Gasteiger partial charge is 0.164 e. The SMILES string of the molecule is N#Cc1ccc(-c2ccccc2-c2nc(-c3ccc(-n4c5ccc(-c6ccccc6)cc5c5cc(-c6ccccc6)ccc54)cc3-c3ccc(C#N)cc3)nc(-c3ccc(-n4c5ccc(-c6ccccc6)cc5c5cc(-c6ccccc6)ccc54)cc3-c3ccc(C#N)cc3)n2)cc1. The summed E-state index contributed by atoms with van der Waals surface area (Å²) in [7, 11) is 0. The third-order valence-corrected chi connectivity index (χ3v) is 18.7. The number of nitrogens with zero attached hydrogens (tertiary/aromatic N) is 8. The third-order valence-electron chi connectivity index (χ3n) is 18.7. The van der Waals surface area contributed by atoms with Crippen LogP contribution in [0.25, 0.3) is 167 Å². The van der Waals surface area contributed by atoms with Gasteiger partial charge in [-0.1, -0.05) is 206 Å². The van der Waals surface area contributed by atoms with Gasteiger partial charge in [-0.15, -0.1) is 0 Å². The first-order valence-corrected chi connectivity index (χ1v) is 32.5. The maximum atomic E-state index is 10.2. The molecule has 3 heterocycles. The zero-order chi connectivity index (χ0) is 65.6. The van der Waals surface area contributed by atoms with E-state index >= 15 is 0 Å². The Hall–Kier alpha value is -13.8. The van der Waals surface area contributed by atoms with Gasteiger partial charge >= 0.3 is 0 Å². The van der Waals surface area contributed by atoms with Crippen LogP contribution in [0.5, 0.6) is 0 Å². The van der Waals surface area contributed by atoms with Gasteiger partial charge in [0.05, 0.1) is 57.0 Å². The molecule has 0 aliphatic rings. The van der Waals surface area contributed by atoms with E-state index in [1.54, 1.807) is 0 Å². The molecule has 0 spiro atoms. The summed E-state index contributed by atoms with van der Waals surface area (Å²) in [4.78, 5) is 16.7. The lowest BCUT2D eigenvalue weighted by atomic mass is 9.95. The zero-order valence-corrected chi connectivity index (χ0v) is 52.8. The van der Waals surface area contributed by atoms with Crippen LogP contribution >= 0.6 is 0 Å². The molecule has 0 saturated carbocycles. The first kappa shape index (κ1) is 58.0. The molecule has 454 valence electrons. The summed E-state index contributed by atoms with van der Waals surface area (Å²) in [5.41, 5.74) is 24.1. The summed E-state index contributed by atoms with van der Waals surface area (Å²) < 4.78 is 4.69. The number of hydrogen-bond donors (Lipinski definition) is 0. The molecule has 8 nitrogen and oxygen atoms in total. The molecule has 3 aromatic heterocycles. The summed E-state index contributed by atoms with van der Waals surface area (Å²) in [6.45, 7) is 0. The van der Waals surface area contributed by atoms with Gasteiger partial charge in [0, 0.05) is 49.6 Å². The molecule has 0 amide bonds. The van der Waals surface area contributed by atoms with Crippen LogP contribution < -0.4 is 0 Å². The van der Waals surface area contributed by atoms with Crippen LogP contribution in [0.15, 0.2) is 328 Å². The van der Waals surface area contributed by atoms with Crippen LogP contribution in [0.1, 0.15) is 16.7 Å². The molecule has 0 bridgehead atoms. The van der Waals surface area contributed by atoms with Gasteiger partial charge in [-0.2, -0.15) is 15.8 Å². The molecule has 17 aromatic rings. The molecule has 8 heteroatoms. The molecule has 0 aliphatic carbocycles. The molecule has 0 saturated heterocycles. The fraction of sp³-hybridized carbons (Fsp3) is 0. The number of hydrogen-bond acceptors (Lipinski definition) is 6. The second-order valence-electron chi connectivity index (χ2n) is 24.4. The summed E-state index contributed by atoms with van der Waals surface area (Å²) in [6.07, 6.45) is 0. The van der Waals surface area contributed by atoms with Gasteiger partial charge in [-0.25, -0.2) is 15.0 Å². The van der Waals surface area contributed by atoms with Crippen molar-refractivity contribution in [3.8, 4) is 142 Å². The fourth-order valence-electron chi connectivity index (χ4n) is 13.9. The predicted octanol–water partition coefficient (Wildman–Crippen LogP) is 22.4. The van der Waals surface area contributed by atoms with Crippen molar-refractivity contribution in [3.63, 3.8) is 0 Å². The Morgan fingerprint density at radius 1 is 0.204 bits per heavy atom. The van der Waals surface area contributed by atoms with E-state index in [0.717, 1.165) is 150 Å². The normalized spacial score (nSPS) is 11.2. The standard InChI is InChI=1S/C90H54N8/c91-55-58-25-31-65(32-26-58)74-23-13-14-24-75(74)88-94-89(76-43-41-72(53-78(76)66-33-27-59(56-92)28-34-66)97-84-45-37-68(61-15-5-1-6-16-61)49-80(84)81-50-69(38-46-85(81)97)62-17-7-2-8-18-62)96-90(95-88)77-44-42-73(54-79(77)67-35-29-60(57-93)30-36-67)98-86-47-39-70(63-19-9-3-10-20-63)51-82(86)83-52-71(40-48-87(83)98)64-21-11-4-12-22-64/h1-54H. The Kier molecular flexibility index (Phi) is 14.5. The lowest BCUT2D eigenvalue weighted by Gasteiger charge is -2.18. The van der Waals surface area contributed by atoms with Gasteiger partial charge in [-0.3, -0.25) is 0 Å². The van der Waals surface area contributed by atoms with Gasteiger partial charge in [-0.05, 0) is 199 Å². The number of fused-ring (bicyclic) bond motifs is 6. The van der Waals surface area contributed by atoms with Crippen molar-refractivity contribution in [3.05, 3.63) is 344 Å². The molecule has 17 rings (SSSR count). The molecular formula is C90H54N8. The van der Waals surface area contributed by atoms with Crippen LogP contribution in [0.4, 0.5) is 0 Å². The molecule has 0 N–H and O–H groups in total. The number of aromatic nitrogens is 5. The maximum Gasteiger partial charge on any atom is 0.164 e. The van der Waals surface area contributed by atoms with E-state index in [9.17, 15) is 15.8 Å². The van der Waals surface area contributed by atoms with Gasteiger partial charge in [0.1, 0.15) is 0 Å². The number of benzene rings is 14. The Bertz CT molecular complexity index is 5580.